The maximum absolute atomic E-state index is 11.5. The van der Waals surface area contributed by atoms with Gasteiger partial charge in [-0.05, 0) is 41.1 Å². The van der Waals surface area contributed by atoms with Crippen molar-refractivity contribution in [3.63, 3.8) is 0 Å². The van der Waals surface area contributed by atoms with E-state index in [-0.39, 0.29) is 18.5 Å². The lowest BCUT2D eigenvalue weighted by Gasteiger charge is -2.36. The fraction of sp³-hybridized carbons (Fsp3) is 0.353. The Morgan fingerprint density at radius 3 is 2.70 bits per heavy atom. The minimum atomic E-state index is -0.310. The van der Waals surface area contributed by atoms with Crippen LogP contribution in [0.3, 0.4) is 0 Å². The van der Waals surface area contributed by atoms with Crippen LogP contribution in [0.25, 0.3) is 0 Å². The van der Waals surface area contributed by atoms with Crippen molar-refractivity contribution in [1.29, 1.82) is 0 Å². The van der Waals surface area contributed by atoms with Gasteiger partial charge in [-0.1, -0.05) is 6.07 Å². The van der Waals surface area contributed by atoms with Gasteiger partial charge in [0.1, 0.15) is 0 Å². The Bertz CT molecular complexity index is 700. The molecule has 0 saturated carbocycles. The number of ether oxygens (including phenoxy) is 2. The number of hydrogen-bond donors (Lipinski definition) is 1. The van der Waals surface area contributed by atoms with Crippen molar-refractivity contribution in [3.8, 4) is 11.5 Å². The molecule has 1 aliphatic heterocycles. The Labute approximate surface area is 139 Å². The number of carbonyl (C=O) groups is 1. The highest BCUT2D eigenvalue weighted by molar-refractivity contribution is 7.10. The third kappa shape index (κ3) is 3.04. The van der Waals surface area contributed by atoms with Crippen molar-refractivity contribution in [1.82, 2.24) is 4.90 Å². The van der Waals surface area contributed by atoms with E-state index in [0.29, 0.717) is 5.75 Å². The number of rotatable bonds is 5. The normalized spacial score (nSPS) is 17.6. The van der Waals surface area contributed by atoms with Crippen LogP contribution in [-0.2, 0) is 11.2 Å². The molecule has 5 nitrogen and oxygen atoms in total. The fourth-order valence-corrected chi connectivity index (χ4v) is 4.02. The second-order valence-electron chi connectivity index (χ2n) is 5.51. The summed E-state index contributed by atoms with van der Waals surface area (Å²) in [6.45, 7) is 1.03. The Balaban J connectivity index is 2.10. The largest absolute Gasteiger partial charge is 0.493 e. The van der Waals surface area contributed by atoms with E-state index in [2.05, 4.69) is 11.0 Å². The molecule has 0 fully saturated rings. The Morgan fingerprint density at radius 1 is 1.35 bits per heavy atom. The predicted octanol–water partition coefficient (Wildman–Crippen LogP) is 2.20. The van der Waals surface area contributed by atoms with E-state index in [0.717, 1.165) is 24.3 Å². The average molecular weight is 332 g/mol. The standard InChI is InChI=1S/C17H20N2O3S/c1-21-13-8-11-5-6-19(10-16(18)20)17(15-4-3-7-23-15)12(11)9-14(13)22-2/h3-4,7-9,17H,5-6,10H2,1-2H3,(H2,18,20)/t17-/m1/s1. The molecule has 1 amide bonds. The zero-order valence-electron chi connectivity index (χ0n) is 13.2. The lowest BCUT2D eigenvalue weighted by molar-refractivity contribution is -0.119. The first-order valence-corrected chi connectivity index (χ1v) is 8.32. The number of nitrogens with two attached hydrogens (primary N) is 1. The molecule has 2 heterocycles. The van der Waals surface area contributed by atoms with E-state index in [9.17, 15) is 4.79 Å². The van der Waals surface area contributed by atoms with Crippen LogP contribution in [0.4, 0.5) is 0 Å². The minimum Gasteiger partial charge on any atom is -0.493 e. The van der Waals surface area contributed by atoms with Crippen molar-refractivity contribution in [2.45, 2.75) is 12.5 Å². The number of amides is 1. The molecule has 2 N–H and O–H groups in total. The van der Waals surface area contributed by atoms with Crippen molar-refractivity contribution in [2.24, 2.45) is 5.73 Å². The maximum Gasteiger partial charge on any atom is 0.231 e. The van der Waals surface area contributed by atoms with E-state index in [1.165, 1.54) is 10.4 Å². The first-order chi connectivity index (χ1) is 11.1. The monoisotopic (exact) mass is 332 g/mol. The SMILES string of the molecule is COc1cc2c(cc1OC)[C@H](c1cccs1)N(CC(N)=O)CC2. The summed E-state index contributed by atoms with van der Waals surface area (Å²) in [5, 5.41) is 2.05. The number of methoxy groups -OCH3 is 2. The summed E-state index contributed by atoms with van der Waals surface area (Å²) < 4.78 is 10.9. The third-order valence-corrected chi connectivity index (χ3v) is 5.07. The van der Waals surface area contributed by atoms with Crippen LogP contribution in [0, 0.1) is 0 Å². The van der Waals surface area contributed by atoms with Gasteiger partial charge in [0.2, 0.25) is 5.91 Å². The molecule has 0 radical (unpaired) electrons. The van der Waals surface area contributed by atoms with Crippen molar-refractivity contribution >= 4 is 17.2 Å². The topological polar surface area (TPSA) is 64.8 Å². The van der Waals surface area contributed by atoms with Gasteiger partial charge in [-0.15, -0.1) is 11.3 Å². The first kappa shape index (κ1) is 15.8. The van der Waals surface area contributed by atoms with Gasteiger partial charge >= 0.3 is 0 Å². The van der Waals surface area contributed by atoms with Crippen molar-refractivity contribution < 1.29 is 14.3 Å². The molecule has 122 valence electrons. The molecule has 1 aromatic carbocycles. The number of hydrogen-bond acceptors (Lipinski definition) is 5. The van der Waals surface area contributed by atoms with Crippen LogP contribution in [-0.4, -0.2) is 38.1 Å². The number of thiophene rings is 1. The van der Waals surface area contributed by atoms with E-state index >= 15 is 0 Å². The summed E-state index contributed by atoms with van der Waals surface area (Å²) in [7, 11) is 3.28. The summed E-state index contributed by atoms with van der Waals surface area (Å²) in [6.07, 6.45) is 0.852. The van der Waals surface area contributed by atoms with Crippen LogP contribution < -0.4 is 15.2 Å². The average Bonchev–Trinajstić information content (AvgIpc) is 3.06. The molecule has 1 aliphatic rings. The summed E-state index contributed by atoms with van der Waals surface area (Å²) in [4.78, 5) is 14.8. The molecule has 23 heavy (non-hydrogen) atoms. The third-order valence-electron chi connectivity index (χ3n) is 4.15. The Kier molecular flexibility index (Phi) is 4.54. The van der Waals surface area contributed by atoms with Gasteiger partial charge < -0.3 is 15.2 Å². The molecule has 1 aromatic heterocycles. The predicted molar refractivity (Wildman–Crippen MR) is 90.2 cm³/mol. The van der Waals surface area contributed by atoms with Gasteiger partial charge in [0.15, 0.2) is 11.5 Å². The summed E-state index contributed by atoms with van der Waals surface area (Å²) in [5.41, 5.74) is 7.81. The lowest BCUT2D eigenvalue weighted by atomic mass is 9.91. The highest BCUT2D eigenvalue weighted by atomic mass is 32.1. The fourth-order valence-electron chi connectivity index (χ4n) is 3.15. The molecular formula is C17H20N2O3S. The number of primary amides is 1. The molecule has 3 rings (SSSR count). The van der Waals surface area contributed by atoms with Crippen molar-refractivity contribution in [3.05, 3.63) is 45.6 Å². The minimum absolute atomic E-state index is 0.0195. The van der Waals surface area contributed by atoms with Crippen molar-refractivity contribution in [2.75, 3.05) is 27.3 Å². The summed E-state index contributed by atoms with van der Waals surface area (Å²) in [6, 6.07) is 8.19. The van der Waals surface area contributed by atoms with Crippen LogP contribution >= 0.6 is 11.3 Å². The second kappa shape index (κ2) is 6.60. The Morgan fingerprint density at radius 2 is 2.09 bits per heavy atom. The van der Waals surface area contributed by atoms with E-state index in [1.54, 1.807) is 25.6 Å². The lowest BCUT2D eigenvalue weighted by Crippen LogP contribution is -2.41. The molecule has 0 saturated heterocycles. The molecule has 0 aliphatic carbocycles. The van der Waals surface area contributed by atoms with Crippen LogP contribution in [0.1, 0.15) is 22.0 Å². The molecule has 0 bridgehead atoms. The second-order valence-corrected chi connectivity index (χ2v) is 6.49. The summed E-state index contributed by atoms with van der Waals surface area (Å²) >= 11 is 1.68. The number of benzene rings is 1. The highest BCUT2D eigenvalue weighted by Crippen LogP contribution is 2.41. The van der Waals surface area contributed by atoms with Gasteiger partial charge in [-0.25, -0.2) is 0 Å². The van der Waals surface area contributed by atoms with Crippen LogP contribution in [0.2, 0.25) is 0 Å². The van der Waals surface area contributed by atoms with Crippen LogP contribution in [0.5, 0.6) is 11.5 Å². The number of fused-ring (bicyclic) bond motifs is 1. The molecular weight excluding hydrogens is 312 g/mol. The van der Waals surface area contributed by atoms with E-state index < -0.39 is 0 Å². The summed E-state index contributed by atoms with van der Waals surface area (Å²) in [5.74, 6) is 1.13. The van der Waals surface area contributed by atoms with Crippen LogP contribution in [0.15, 0.2) is 29.6 Å². The molecule has 2 aromatic rings. The van der Waals surface area contributed by atoms with Gasteiger partial charge in [0.25, 0.3) is 0 Å². The van der Waals surface area contributed by atoms with Gasteiger partial charge in [0.05, 0.1) is 26.8 Å². The zero-order chi connectivity index (χ0) is 16.4. The first-order valence-electron chi connectivity index (χ1n) is 7.44. The van der Waals surface area contributed by atoms with E-state index in [4.69, 9.17) is 15.2 Å². The van der Waals surface area contributed by atoms with Gasteiger partial charge in [0, 0.05) is 11.4 Å². The highest BCUT2D eigenvalue weighted by Gasteiger charge is 2.31. The van der Waals surface area contributed by atoms with Gasteiger partial charge in [-0.3, -0.25) is 9.69 Å². The number of nitrogens with zero attached hydrogens (tertiary/aromatic N) is 1. The Hall–Kier alpha value is -2.05. The maximum atomic E-state index is 11.5. The zero-order valence-corrected chi connectivity index (χ0v) is 14.1. The molecule has 0 unspecified atom stereocenters. The molecule has 0 spiro atoms. The van der Waals surface area contributed by atoms with E-state index in [1.807, 2.05) is 23.6 Å². The van der Waals surface area contributed by atoms with Gasteiger partial charge in [-0.2, -0.15) is 0 Å². The smallest absolute Gasteiger partial charge is 0.231 e. The quantitative estimate of drug-likeness (QED) is 0.912. The molecule has 1 atom stereocenters. The number of carbonyl (C=O) groups excluding carboxylic acids is 1. The molecule has 6 heteroatoms.